The topological polar surface area (TPSA) is 77.8 Å². The van der Waals surface area contributed by atoms with E-state index in [1.807, 2.05) is 22.6 Å². The first-order valence-corrected chi connectivity index (χ1v) is 6.88. The molecule has 1 atom stereocenters. The first-order chi connectivity index (χ1) is 8.25. The molecule has 2 rings (SSSR count). The summed E-state index contributed by atoms with van der Waals surface area (Å²) >= 11 is 5.18. The number of carboxylic acids is 1. The van der Waals surface area contributed by atoms with E-state index in [0.717, 1.165) is 0 Å². The largest absolute Gasteiger partial charge is 0.507 e. The standard InChI is InChI=1S/C11H9BrINO4/c1-11(13)5-2-6(12)8(15)3-7(5)14(10(11)18)4-9(16)17/h2-3,15H,4H2,1H3,(H,16,17). The van der Waals surface area contributed by atoms with Crippen LogP contribution in [0, 0.1) is 0 Å². The van der Waals surface area contributed by atoms with Gasteiger partial charge in [0.2, 0.25) is 5.91 Å². The average Bonchev–Trinajstić information content (AvgIpc) is 2.42. The molecule has 0 spiro atoms. The first kappa shape index (κ1) is 13.6. The zero-order valence-corrected chi connectivity index (χ0v) is 13.0. The Morgan fingerprint density at radius 3 is 2.72 bits per heavy atom. The van der Waals surface area contributed by atoms with Crippen molar-refractivity contribution in [2.75, 3.05) is 11.4 Å². The van der Waals surface area contributed by atoms with Crippen LogP contribution in [0.1, 0.15) is 12.5 Å². The second kappa shape index (κ2) is 4.37. The summed E-state index contributed by atoms with van der Waals surface area (Å²) in [6, 6.07) is 3.06. The maximum atomic E-state index is 12.2. The van der Waals surface area contributed by atoms with Gasteiger partial charge in [-0.15, -0.1) is 0 Å². The van der Waals surface area contributed by atoms with Crippen LogP contribution in [-0.2, 0) is 13.0 Å². The highest BCUT2D eigenvalue weighted by molar-refractivity contribution is 14.1. The van der Waals surface area contributed by atoms with Gasteiger partial charge in [-0.3, -0.25) is 14.5 Å². The normalized spacial score (nSPS) is 22.2. The van der Waals surface area contributed by atoms with Gasteiger partial charge in [0, 0.05) is 11.6 Å². The molecule has 1 aromatic carbocycles. The zero-order chi connectivity index (χ0) is 13.7. The third-order valence-electron chi connectivity index (χ3n) is 2.80. The smallest absolute Gasteiger partial charge is 0.323 e. The van der Waals surface area contributed by atoms with Gasteiger partial charge in [0.25, 0.3) is 0 Å². The van der Waals surface area contributed by atoms with Crippen LogP contribution in [-0.4, -0.2) is 28.6 Å². The Morgan fingerprint density at radius 1 is 1.56 bits per heavy atom. The van der Waals surface area contributed by atoms with E-state index >= 15 is 0 Å². The van der Waals surface area contributed by atoms with Gasteiger partial charge in [-0.05, 0) is 28.9 Å². The minimum atomic E-state index is -1.09. The lowest BCUT2D eigenvalue weighted by molar-refractivity contribution is -0.136. The van der Waals surface area contributed by atoms with Crippen molar-refractivity contribution in [3.63, 3.8) is 0 Å². The SMILES string of the molecule is CC1(I)C(=O)N(CC(=O)O)c2cc(O)c(Br)cc21. The van der Waals surface area contributed by atoms with Crippen LogP contribution in [0.3, 0.4) is 0 Å². The van der Waals surface area contributed by atoms with Gasteiger partial charge in [-0.1, -0.05) is 22.6 Å². The van der Waals surface area contributed by atoms with Crippen molar-refractivity contribution >= 4 is 56.1 Å². The van der Waals surface area contributed by atoms with Crippen LogP contribution in [0.5, 0.6) is 5.75 Å². The maximum Gasteiger partial charge on any atom is 0.323 e. The average molecular weight is 426 g/mol. The molecule has 2 N–H and O–H groups in total. The van der Waals surface area contributed by atoms with Crippen molar-refractivity contribution in [1.29, 1.82) is 0 Å². The molecule has 7 heteroatoms. The molecule has 0 saturated carbocycles. The van der Waals surface area contributed by atoms with Crippen LogP contribution in [0.15, 0.2) is 16.6 Å². The molecule has 1 aliphatic heterocycles. The van der Waals surface area contributed by atoms with E-state index in [9.17, 15) is 14.7 Å². The molecule has 0 fully saturated rings. The molecule has 96 valence electrons. The van der Waals surface area contributed by atoms with E-state index in [4.69, 9.17) is 5.11 Å². The maximum absolute atomic E-state index is 12.2. The van der Waals surface area contributed by atoms with Crippen LogP contribution < -0.4 is 4.90 Å². The molecular weight excluding hydrogens is 417 g/mol. The summed E-state index contributed by atoms with van der Waals surface area (Å²) in [4.78, 5) is 24.2. The minimum Gasteiger partial charge on any atom is -0.507 e. The van der Waals surface area contributed by atoms with Crippen LogP contribution >= 0.6 is 38.5 Å². The van der Waals surface area contributed by atoms with Gasteiger partial charge in [0.1, 0.15) is 15.7 Å². The van der Waals surface area contributed by atoms with Gasteiger partial charge in [0.05, 0.1) is 10.2 Å². The van der Waals surface area contributed by atoms with Gasteiger partial charge < -0.3 is 10.2 Å². The number of amides is 1. The number of nitrogens with zero attached hydrogens (tertiary/aromatic N) is 1. The molecule has 1 heterocycles. The molecule has 1 unspecified atom stereocenters. The van der Waals surface area contributed by atoms with E-state index < -0.39 is 15.9 Å². The second-order valence-electron chi connectivity index (χ2n) is 4.11. The number of carbonyl (C=O) groups excluding carboxylic acids is 1. The molecule has 1 aliphatic rings. The van der Waals surface area contributed by atoms with Crippen molar-refractivity contribution in [2.45, 2.75) is 10.3 Å². The van der Waals surface area contributed by atoms with Gasteiger partial charge in [-0.25, -0.2) is 0 Å². The number of fused-ring (bicyclic) bond motifs is 1. The monoisotopic (exact) mass is 425 g/mol. The molecule has 0 radical (unpaired) electrons. The lowest BCUT2D eigenvalue weighted by Gasteiger charge is -2.17. The summed E-state index contributed by atoms with van der Waals surface area (Å²) in [5, 5.41) is 18.5. The Kier molecular flexibility index (Phi) is 3.30. The highest BCUT2D eigenvalue weighted by atomic mass is 127. The van der Waals surface area contributed by atoms with Crippen LogP contribution in [0.4, 0.5) is 5.69 Å². The Morgan fingerprint density at radius 2 is 2.17 bits per heavy atom. The number of hydrogen-bond donors (Lipinski definition) is 2. The summed E-state index contributed by atoms with van der Waals surface area (Å²) in [5.41, 5.74) is 1.14. The Bertz CT molecular complexity index is 558. The number of rotatable bonds is 2. The predicted octanol–water partition coefficient (Wildman–Crippen LogP) is 2.24. The molecular formula is C11H9BrINO4. The number of carbonyl (C=O) groups is 2. The quantitative estimate of drug-likeness (QED) is 0.562. The summed E-state index contributed by atoms with van der Waals surface area (Å²) in [6.45, 7) is 1.31. The van der Waals surface area contributed by atoms with Crippen molar-refractivity contribution in [1.82, 2.24) is 0 Å². The number of halogens is 2. The molecule has 0 aromatic heterocycles. The van der Waals surface area contributed by atoms with E-state index in [-0.39, 0.29) is 11.7 Å². The van der Waals surface area contributed by atoms with Crippen LogP contribution in [0.25, 0.3) is 0 Å². The Labute approximate surface area is 125 Å². The summed E-state index contributed by atoms with van der Waals surface area (Å²) < 4.78 is -0.340. The van der Waals surface area contributed by atoms with Gasteiger partial charge >= 0.3 is 5.97 Å². The molecule has 0 bridgehead atoms. The van der Waals surface area contributed by atoms with Crippen molar-refractivity contribution < 1.29 is 19.8 Å². The number of phenols is 1. The van der Waals surface area contributed by atoms with E-state index in [1.165, 1.54) is 11.0 Å². The first-order valence-electron chi connectivity index (χ1n) is 5.01. The Balaban J connectivity index is 2.61. The fourth-order valence-electron chi connectivity index (χ4n) is 1.92. The number of alkyl halides is 1. The summed E-state index contributed by atoms with van der Waals surface area (Å²) in [5.74, 6) is -1.41. The van der Waals surface area contributed by atoms with Crippen molar-refractivity contribution in [3.8, 4) is 5.75 Å². The third kappa shape index (κ3) is 1.99. The number of carboxylic acid groups (broad SMARTS) is 1. The Hall–Kier alpha value is -0.830. The van der Waals surface area contributed by atoms with Crippen molar-refractivity contribution in [2.24, 2.45) is 0 Å². The lowest BCUT2D eigenvalue weighted by atomic mass is 10.0. The van der Waals surface area contributed by atoms with E-state index in [2.05, 4.69) is 15.9 Å². The number of benzene rings is 1. The summed E-state index contributed by atoms with van der Waals surface area (Å²) in [6.07, 6.45) is 0. The van der Waals surface area contributed by atoms with Crippen molar-refractivity contribution in [3.05, 3.63) is 22.2 Å². The minimum absolute atomic E-state index is 0.0222. The molecule has 18 heavy (non-hydrogen) atoms. The highest BCUT2D eigenvalue weighted by Crippen LogP contribution is 2.49. The van der Waals surface area contributed by atoms with Gasteiger partial charge in [-0.2, -0.15) is 0 Å². The lowest BCUT2D eigenvalue weighted by Crippen LogP contribution is -2.37. The number of phenolic OH excluding ortho intramolecular Hbond substituents is 1. The van der Waals surface area contributed by atoms with E-state index in [0.29, 0.717) is 15.7 Å². The second-order valence-corrected chi connectivity index (χ2v) is 7.12. The third-order valence-corrected chi connectivity index (χ3v) is 4.48. The highest BCUT2D eigenvalue weighted by Gasteiger charge is 2.46. The molecule has 1 aromatic rings. The molecule has 5 nitrogen and oxygen atoms in total. The summed E-state index contributed by atoms with van der Waals surface area (Å²) in [7, 11) is 0. The number of anilines is 1. The van der Waals surface area contributed by atoms with Crippen LogP contribution in [0.2, 0.25) is 0 Å². The van der Waals surface area contributed by atoms with Gasteiger partial charge in [0.15, 0.2) is 0 Å². The predicted molar refractivity (Wildman–Crippen MR) is 77.2 cm³/mol. The number of aromatic hydroxyl groups is 1. The molecule has 0 saturated heterocycles. The number of hydrogen-bond acceptors (Lipinski definition) is 3. The fourth-order valence-corrected chi connectivity index (χ4v) is 2.99. The number of aliphatic carboxylic acids is 1. The fraction of sp³-hybridized carbons (Fsp3) is 0.273. The zero-order valence-electron chi connectivity index (χ0n) is 9.28. The molecule has 1 amide bonds. The molecule has 0 aliphatic carbocycles. The van der Waals surface area contributed by atoms with E-state index in [1.54, 1.807) is 13.0 Å².